The maximum absolute atomic E-state index is 11.2. The number of nitrogens with zero attached hydrogens (tertiary/aromatic N) is 1. The Morgan fingerprint density at radius 2 is 1.89 bits per heavy atom. The van der Waals surface area contributed by atoms with Crippen molar-refractivity contribution in [2.75, 3.05) is 12.8 Å². The van der Waals surface area contributed by atoms with Gasteiger partial charge in [0.15, 0.2) is 0 Å². The van der Waals surface area contributed by atoms with Crippen molar-refractivity contribution < 1.29 is 9.53 Å². The molecule has 0 atom stereocenters. The number of aromatic nitrogens is 1. The number of anilines is 1. The lowest BCUT2D eigenvalue weighted by Gasteiger charge is -2.08. The molecule has 4 N–H and O–H groups in total. The molecule has 0 radical (unpaired) electrons. The maximum atomic E-state index is 11.2. The lowest BCUT2D eigenvalue weighted by Crippen LogP contribution is -2.14. The van der Waals surface area contributed by atoms with E-state index in [1.54, 1.807) is 19.2 Å². The number of amides is 1. The van der Waals surface area contributed by atoms with Crippen molar-refractivity contribution in [2.45, 2.75) is 0 Å². The fraction of sp³-hybridized carbons (Fsp3) is 0.0769. The van der Waals surface area contributed by atoms with Crippen LogP contribution in [0.3, 0.4) is 0 Å². The van der Waals surface area contributed by atoms with Crippen LogP contribution in [0.5, 0.6) is 5.75 Å². The maximum Gasteiger partial charge on any atom is 0.250 e. The van der Waals surface area contributed by atoms with Crippen molar-refractivity contribution in [3.63, 3.8) is 0 Å². The fourth-order valence-electron chi connectivity index (χ4n) is 1.67. The summed E-state index contributed by atoms with van der Waals surface area (Å²) in [4.78, 5) is 15.4. The van der Waals surface area contributed by atoms with Crippen LogP contribution in [0.25, 0.3) is 11.3 Å². The number of nitrogen functional groups attached to an aromatic ring is 1. The number of benzene rings is 1. The van der Waals surface area contributed by atoms with Gasteiger partial charge in [0.25, 0.3) is 5.91 Å². The summed E-state index contributed by atoms with van der Waals surface area (Å²) in [6, 6.07) is 8.75. The third-order valence-electron chi connectivity index (χ3n) is 2.62. The van der Waals surface area contributed by atoms with Crippen LogP contribution in [-0.4, -0.2) is 18.0 Å². The summed E-state index contributed by atoms with van der Waals surface area (Å²) in [5.41, 5.74) is 13.0. The lowest BCUT2D eigenvalue weighted by atomic mass is 10.1. The average Bonchev–Trinajstić information content (AvgIpc) is 2.39. The highest BCUT2D eigenvalue weighted by atomic mass is 16.5. The first kappa shape index (κ1) is 11.9. The molecule has 1 aromatic heterocycles. The number of carbonyl (C=O) groups is 1. The van der Waals surface area contributed by atoms with Gasteiger partial charge in [0, 0.05) is 11.8 Å². The number of ether oxygens (including phenoxy) is 1. The molecule has 1 aromatic carbocycles. The van der Waals surface area contributed by atoms with Gasteiger partial charge in [-0.2, -0.15) is 0 Å². The van der Waals surface area contributed by atoms with Gasteiger partial charge in [-0.1, -0.05) is 0 Å². The molecule has 18 heavy (non-hydrogen) atoms. The predicted octanol–water partition coefficient (Wildman–Crippen LogP) is 1.44. The molecule has 2 rings (SSSR count). The third kappa shape index (κ3) is 2.10. The van der Waals surface area contributed by atoms with Gasteiger partial charge in [-0.05, 0) is 30.3 Å². The van der Waals surface area contributed by atoms with E-state index < -0.39 is 5.91 Å². The molecule has 0 aliphatic rings. The van der Waals surface area contributed by atoms with Gasteiger partial charge in [-0.15, -0.1) is 0 Å². The second-order valence-corrected chi connectivity index (χ2v) is 3.71. The second-order valence-electron chi connectivity index (χ2n) is 3.71. The Balaban J connectivity index is 2.50. The van der Waals surface area contributed by atoms with Crippen LogP contribution < -0.4 is 16.2 Å². The van der Waals surface area contributed by atoms with Crippen LogP contribution in [0.1, 0.15) is 10.4 Å². The monoisotopic (exact) mass is 243 g/mol. The van der Waals surface area contributed by atoms with Crippen LogP contribution in [0.4, 0.5) is 5.69 Å². The summed E-state index contributed by atoms with van der Waals surface area (Å²) in [5, 5.41) is 0. The van der Waals surface area contributed by atoms with E-state index in [1.807, 2.05) is 12.1 Å². The molecule has 1 amide bonds. The highest BCUT2D eigenvalue weighted by Crippen LogP contribution is 2.27. The van der Waals surface area contributed by atoms with Gasteiger partial charge in [0.2, 0.25) is 0 Å². The van der Waals surface area contributed by atoms with Crippen molar-refractivity contribution in [1.29, 1.82) is 0 Å². The number of hydrogen-bond donors (Lipinski definition) is 2. The van der Waals surface area contributed by atoms with E-state index >= 15 is 0 Å². The molecule has 5 nitrogen and oxygen atoms in total. The molecule has 0 aliphatic carbocycles. The molecule has 1 heterocycles. The standard InChI is InChI=1S/C13H13N3O2/c1-18-9-4-2-8(3-5-9)12-11(14)10(13(15)17)6-7-16-12/h2-7H,14H2,1H3,(H2,15,17). The molecule has 0 bridgehead atoms. The summed E-state index contributed by atoms with van der Waals surface area (Å²) < 4.78 is 5.07. The number of methoxy groups -OCH3 is 1. The van der Waals surface area contributed by atoms with Crippen molar-refractivity contribution in [2.24, 2.45) is 5.73 Å². The number of pyridine rings is 1. The summed E-state index contributed by atoms with van der Waals surface area (Å²) in [5.74, 6) is 0.174. The Morgan fingerprint density at radius 3 is 2.44 bits per heavy atom. The molecule has 0 saturated heterocycles. The third-order valence-corrected chi connectivity index (χ3v) is 2.62. The highest BCUT2D eigenvalue weighted by molar-refractivity contribution is 6.00. The van der Waals surface area contributed by atoms with Gasteiger partial charge in [-0.3, -0.25) is 9.78 Å². The highest BCUT2D eigenvalue weighted by Gasteiger charge is 2.12. The molecule has 0 fully saturated rings. The largest absolute Gasteiger partial charge is 0.497 e. The van der Waals surface area contributed by atoms with Crippen LogP contribution >= 0.6 is 0 Å². The molecular weight excluding hydrogens is 230 g/mol. The van der Waals surface area contributed by atoms with Gasteiger partial charge in [-0.25, -0.2) is 0 Å². The normalized spacial score (nSPS) is 10.1. The molecule has 0 aliphatic heterocycles. The van der Waals surface area contributed by atoms with Gasteiger partial charge in [0.05, 0.1) is 24.1 Å². The smallest absolute Gasteiger partial charge is 0.250 e. The molecular formula is C13H13N3O2. The molecule has 0 saturated carbocycles. The number of rotatable bonds is 3. The molecule has 0 spiro atoms. The van der Waals surface area contributed by atoms with E-state index in [1.165, 1.54) is 12.3 Å². The quantitative estimate of drug-likeness (QED) is 0.853. The minimum absolute atomic E-state index is 0.274. The number of nitrogens with two attached hydrogens (primary N) is 2. The van der Waals surface area contributed by atoms with Crippen LogP contribution in [0.15, 0.2) is 36.5 Å². The summed E-state index contributed by atoms with van der Waals surface area (Å²) >= 11 is 0. The first-order chi connectivity index (χ1) is 8.63. The SMILES string of the molecule is COc1ccc(-c2nccc(C(N)=O)c2N)cc1. The van der Waals surface area contributed by atoms with E-state index in [-0.39, 0.29) is 11.3 Å². The zero-order chi connectivity index (χ0) is 13.1. The second kappa shape index (κ2) is 4.75. The van der Waals surface area contributed by atoms with E-state index in [0.29, 0.717) is 5.69 Å². The summed E-state index contributed by atoms with van der Waals surface area (Å²) in [7, 11) is 1.59. The topological polar surface area (TPSA) is 91.2 Å². The zero-order valence-corrected chi connectivity index (χ0v) is 9.88. The molecule has 92 valence electrons. The van der Waals surface area contributed by atoms with E-state index in [4.69, 9.17) is 16.2 Å². The minimum Gasteiger partial charge on any atom is -0.497 e. The number of hydrogen-bond acceptors (Lipinski definition) is 4. The van der Waals surface area contributed by atoms with Gasteiger partial charge in [0.1, 0.15) is 5.75 Å². The van der Waals surface area contributed by atoms with Crippen molar-refractivity contribution >= 4 is 11.6 Å². The predicted molar refractivity (Wildman–Crippen MR) is 69.2 cm³/mol. The Hall–Kier alpha value is -2.56. The Morgan fingerprint density at radius 1 is 1.22 bits per heavy atom. The van der Waals surface area contributed by atoms with Gasteiger partial charge >= 0.3 is 0 Å². The average molecular weight is 243 g/mol. The van der Waals surface area contributed by atoms with E-state index in [2.05, 4.69) is 4.98 Å². The van der Waals surface area contributed by atoms with E-state index in [0.717, 1.165) is 11.3 Å². The first-order valence-electron chi connectivity index (χ1n) is 5.32. The number of primary amides is 1. The molecule has 2 aromatic rings. The van der Waals surface area contributed by atoms with Crippen molar-refractivity contribution in [1.82, 2.24) is 4.98 Å². The van der Waals surface area contributed by atoms with Crippen molar-refractivity contribution in [3.05, 3.63) is 42.1 Å². The number of carbonyl (C=O) groups excluding carboxylic acids is 1. The van der Waals surface area contributed by atoms with E-state index in [9.17, 15) is 4.79 Å². The summed E-state index contributed by atoms with van der Waals surface area (Å²) in [6.07, 6.45) is 1.51. The Bertz CT molecular complexity index is 579. The fourth-order valence-corrected chi connectivity index (χ4v) is 1.67. The first-order valence-corrected chi connectivity index (χ1v) is 5.32. The van der Waals surface area contributed by atoms with Crippen LogP contribution in [0.2, 0.25) is 0 Å². The zero-order valence-electron chi connectivity index (χ0n) is 9.88. The molecule has 5 heteroatoms. The lowest BCUT2D eigenvalue weighted by molar-refractivity contribution is 0.100. The minimum atomic E-state index is -0.565. The van der Waals surface area contributed by atoms with Crippen LogP contribution in [0, 0.1) is 0 Å². The molecule has 0 unspecified atom stereocenters. The van der Waals surface area contributed by atoms with Crippen LogP contribution in [-0.2, 0) is 0 Å². The van der Waals surface area contributed by atoms with Crippen molar-refractivity contribution in [3.8, 4) is 17.0 Å². The Kier molecular flexibility index (Phi) is 3.14. The van der Waals surface area contributed by atoms with Gasteiger partial charge < -0.3 is 16.2 Å². The summed E-state index contributed by atoms with van der Waals surface area (Å²) in [6.45, 7) is 0. The Labute approximate surface area is 104 Å².